The normalized spacial score (nSPS) is 16.2. The Hall–Kier alpha value is -1.71. The molecule has 4 N–H and O–H groups in total. The van der Waals surface area contributed by atoms with E-state index in [1.54, 1.807) is 21.1 Å². The van der Waals surface area contributed by atoms with Crippen molar-refractivity contribution in [3.8, 4) is 0 Å². The lowest BCUT2D eigenvalue weighted by Crippen LogP contribution is -2.49. The summed E-state index contributed by atoms with van der Waals surface area (Å²) in [6, 6.07) is 0. The summed E-state index contributed by atoms with van der Waals surface area (Å²) >= 11 is 0. The number of aliphatic hydroxyl groups excluding tert-OH is 1. The summed E-state index contributed by atoms with van der Waals surface area (Å²) in [5, 5.41) is 35.5. The molecular formula is C11H20NO8+. The first-order valence-electron chi connectivity index (χ1n) is 5.75. The Morgan fingerprint density at radius 3 is 1.85 bits per heavy atom. The van der Waals surface area contributed by atoms with Gasteiger partial charge in [-0.25, -0.2) is 9.59 Å². The molecule has 0 aliphatic rings. The molecule has 0 aromatic rings. The van der Waals surface area contributed by atoms with E-state index in [0.29, 0.717) is 0 Å². The van der Waals surface area contributed by atoms with Crippen LogP contribution in [0, 0.1) is 0 Å². The lowest BCUT2D eigenvalue weighted by molar-refractivity contribution is -0.873. The van der Waals surface area contributed by atoms with Crippen molar-refractivity contribution in [2.24, 2.45) is 0 Å². The zero-order valence-corrected chi connectivity index (χ0v) is 11.5. The topological polar surface area (TPSA) is 141 Å². The highest BCUT2D eigenvalue weighted by Crippen LogP contribution is 2.11. The summed E-state index contributed by atoms with van der Waals surface area (Å²) in [4.78, 5) is 32.3. The molecule has 0 saturated heterocycles. The molecule has 0 bridgehead atoms. The molecule has 20 heavy (non-hydrogen) atoms. The second-order valence-electron chi connectivity index (χ2n) is 5.37. The van der Waals surface area contributed by atoms with Crippen molar-refractivity contribution in [2.45, 2.75) is 24.7 Å². The van der Waals surface area contributed by atoms with Crippen LogP contribution < -0.4 is 0 Å². The van der Waals surface area contributed by atoms with Gasteiger partial charge in [0, 0.05) is 0 Å². The van der Waals surface area contributed by atoms with Crippen molar-refractivity contribution in [3.63, 3.8) is 0 Å². The van der Waals surface area contributed by atoms with E-state index in [4.69, 9.17) is 20.1 Å². The first-order chi connectivity index (χ1) is 8.94. The highest BCUT2D eigenvalue weighted by atomic mass is 16.5. The van der Waals surface area contributed by atoms with Crippen molar-refractivity contribution in [1.29, 1.82) is 0 Å². The molecule has 116 valence electrons. The van der Waals surface area contributed by atoms with Gasteiger partial charge in [-0.2, -0.15) is 0 Å². The Morgan fingerprint density at radius 1 is 1.05 bits per heavy atom. The number of nitrogens with zero attached hydrogens (tertiary/aromatic N) is 1. The van der Waals surface area contributed by atoms with E-state index in [0.717, 1.165) is 0 Å². The molecule has 0 aromatic carbocycles. The predicted molar refractivity (Wildman–Crippen MR) is 65.1 cm³/mol. The fraction of sp³-hybridized carbons (Fsp3) is 0.727. The molecule has 0 aliphatic carbocycles. The van der Waals surface area contributed by atoms with Gasteiger partial charge in [-0.3, -0.25) is 4.79 Å². The molecule has 0 amide bonds. The van der Waals surface area contributed by atoms with Crippen LogP contribution in [0.25, 0.3) is 0 Å². The molecule has 0 spiro atoms. The fourth-order valence-corrected chi connectivity index (χ4v) is 1.57. The largest absolute Gasteiger partial charge is 0.481 e. The van der Waals surface area contributed by atoms with E-state index >= 15 is 0 Å². The summed E-state index contributed by atoms with van der Waals surface area (Å²) in [7, 11) is 5.21. The second-order valence-corrected chi connectivity index (χ2v) is 5.37. The Morgan fingerprint density at radius 2 is 1.55 bits per heavy atom. The van der Waals surface area contributed by atoms with Gasteiger partial charge in [-0.1, -0.05) is 0 Å². The lowest BCUT2D eigenvalue weighted by atomic mass is 10.1. The number of rotatable bonds is 9. The number of quaternary nitrogens is 1. The predicted octanol–water partition coefficient (Wildman–Crippen LogP) is -1.55. The van der Waals surface area contributed by atoms with Crippen molar-refractivity contribution < 1.29 is 44.0 Å². The van der Waals surface area contributed by atoms with Crippen LogP contribution >= 0.6 is 0 Å². The van der Waals surface area contributed by atoms with E-state index in [9.17, 15) is 19.5 Å². The van der Waals surface area contributed by atoms with Gasteiger partial charge in [0.15, 0.2) is 12.2 Å². The smallest absolute Gasteiger partial charge is 0.336 e. The maximum Gasteiger partial charge on any atom is 0.336 e. The molecule has 0 fully saturated rings. The number of carboxylic acids is 3. The number of hydrogen-bond acceptors (Lipinski definition) is 5. The molecule has 9 heteroatoms. The number of aliphatic carboxylic acids is 3. The Balaban J connectivity index is 5.02. The number of likely N-dealkylation sites (N-methyl/N-ethyl adjacent to an activating group) is 1. The molecule has 0 heterocycles. The van der Waals surface area contributed by atoms with Crippen LogP contribution in [0.3, 0.4) is 0 Å². The molecule has 3 atom stereocenters. The second kappa shape index (κ2) is 7.17. The van der Waals surface area contributed by atoms with Crippen LogP contribution in [-0.2, 0) is 19.1 Å². The molecule has 9 nitrogen and oxygen atoms in total. The molecule has 0 aliphatic heterocycles. The van der Waals surface area contributed by atoms with Gasteiger partial charge >= 0.3 is 17.9 Å². The summed E-state index contributed by atoms with van der Waals surface area (Å²) < 4.78 is 5.28. The first kappa shape index (κ1) is 18.3. The highest BCUT2D eigenvalue weighted by Gasteiger charge is 2.37. The lowest BCUT2D eigenvalue weighted by Gasteiger charge is -2.30. The van der Waals surface area contributed by atoms with Gasteiger partial charge < -0.3 is 29.6 Å². The maximum atomic E-state index is 10.9. The van der Waals surface area contributed by atoms with Gasteiger partial charge in [-0.05, 0) is 0 Å². The Bertz CT molecular complexity index is 375. The van der Waals surface area contributed by atoms with Crippen molar-refractivity contribution >= 4 is 17.9 Å². The minimum absolute atomic E-state index is 0.141. The number of aliphatic hydroxyl groups is 1. The quantitative estimate of drug-likeness (QED) is 0.374. The average Bonchev–Trinajstić information content (AvgIpc) is 2.20. The molecule has 0 aromatic heterocycles. The van der Waals surface area contributed by atoms with E-state index in [-0.39, 0.29) is 11.0 Å². The van der Waals surface area contributed by atoms with Crippen molar-refractivity contribution in [1.82, 2.24) is 0 Å². The van der Waals surface area contributed by atoms with Gasteiger partial charge in [0.1, 0.15) is 12.6 Å². The average molecular weight is 294 g/mol. The molecular weight excluding hydrogens is 274 g/mol. The molecule has 0 saturated carbocycles. The third-order valence-electron chi connectivity index (χ3n) is 2.28. The van der Waals surface area contributed by atoms with E-state index in [1.165, 1.54) is 0 Å². The van der Waals surface area contributed by atoms with E-state index in [1.807, 2.05) is 0 Å². The van der Waals surface area contributed by atoms with Crippen molar-refractivity contribution in [2.75, 3.05) is 27.7 Å². The number of hydrogen-bond donors (Lipinski definition) is 4. The Kier molecular flexibility index (Phi) is 6.56. The van der Waals surface area contributed by atoms with Crippen LogP contribution in [-0.4, -0.2) is 88.8 Å². The fourth-order valence-electron chi connectivity index (χ4n) is 1.57. The monoisotopic (exact) mass is 294 g/mol. The van der Waals surface area contributed by atoms with Crippen LogP contribution in [0.1, 0.15) is 6.42 Å². The van der Waals surface area contributed by atoms with Crippen LogP contribution in [0.2, 0.25) is 0 Å². The third kappa shape index (κ3) is 7.02. The summed E-state index contributed by atoms with van der Waals surface area (Å²) in [5.41, 5.74) is 0. The third-order valence-corrected chi connectivity index (χ3v) is 2.28. The van der Waals surface area contributed by atoms with Gasteiger partial charge in [-0.15, -0.1) is 0 Å². The number of ether oxygens (including phenoxy) is 1. The van der Waals surface area contributed by atoms with E-state index in [2.05, 4.69) is 0 Å². The van der Waals surface area contributed by atoms with E-state index < -0.39 is 42.6 Å². The highest BCUT2D eigenvalue weighted by molar-refractivity contribution is 5.83. The minimum Gasteiger partial charge on any atom is -0.481 e. The maximum absolute atomic E-state index is 10.9. The van der Waals surface area contributed by atoms with Crippen LogP contribution in [0.4, 0.5) is 0 Å². The standard InChI is InChI=1S/C11H19NO8/c1-12(2,3)5-6(4-7(13)14)20-9(11(18)19)8(15)10(16)17/h6,8-9,15H,4-5H2,1-3H3,(H2-,13,14,16,17,18,19)/p+1. The molecule has 3 unspecified atom stereocenters. The number of carbonyl (C=O) groups is 3. The molecule has 0 radical (unpaired) electrons. The zero-order valence-electron chi connectivity index (χ0n) is 11.5. The van der Waals surface area contributed by atoms with Gasteiger partial charge in [0.25, 0.3) is 0 Å². The number of carboxylic acid groups (broad SMARTS) is 3. The summed E-state index contributed by atoms with van der Waals surface area (Å²) in [6.45, 7) is 0.141. The Labute approximate surface area is 115 Å². The first-order valence-corrected chi connectivity index (χ1v) is 5.75. The van der Waals surface area contributed by atoms with Gasteiger partial charge in [0.2, 0.25) is 0 Å². The minimum atomic E-state index is -2.27. The summed E-state index contributed by atoms with van der Waals surface area (Å²) in [5.74, 6) is -4.63. The van der Waals surface area contributed by atoms with Gasteiger partial charge in [0.05, 0.1) is 27.6 Å². The zero-order chi connectivity index (χ0) is 16.1. The van der Waals surface area contributed by atoms with Crippen LogP contribution in [0.5, 0.6) is 0 Å². The molecule has 0 rings (SSSR count). The SMILES string of the molecule is C[N+](C)(C)CC(CC(=O)O)OC(C(=O)O)C(O)C(=O)O. The summed E-state index contributed by atoms with van der Waals surface area (Å²) in [6.07, 6.45) is -5.83. The van der Waals surface area contributed by atoms with Crippen LogP contribution in [0.15, 0.2) is 0 Å². The van der Waals surface area contributed by atoms with Crippen molar-refractivity contribution in [3.05, 3.63) is 0 Å².